The number of aromatic nitrogens is 1. The Morgan fingerprint density at radius 2 is 2.20 bits per heavy atom. The number of methoxy groups -OCH3 is 1. The van der Waals surface area contributed by atoms with Gasteiger partial charge in [-0.2, -0.15) is 0 Å². The van der Waals surface area contributed by atoms with Crippen molar-refractivity contribution in [3.63, 3.8) is 0 Å². The average molecular weight is 272 g/mol. The van der Waals surface area contributed by atoms with Gasteiger partial charge < -0.3 is 15.0 Å². The third-order valence-corrected chi connectivity index (χ3v) is 2.90. The van der Waals surface area contributed by atoms with Crippen LogP contribution in [0.15, 0.2) is 47.5 Å². The molecule has 1 aromatic carbocycles. The average Bonchev–Trinajstić information content (AvgIpc) is 2.48. The smallest absolute Gasteiger partial charge is 0.256 e. The first kappa shape index (κ1) is 13.9. The van der Waals surface area contributed by atoms with Crippen LogP contribution in [0.25, 0.3) is 0 Å². The van der Waals surface area contributed by atoms with Gasteiger partial charge in [0.2, 0.25) is 0 Å². The zero-order valence-electron chi connectivity index (χ0n) is 11.2. The maximum Gasteiger partial charge on any atom is 0.256 e. The first-order valence-corrected chi connectivity index (χ1v) is 6.29. The fraction of sp³-hybridized carbons (Fsp3) is 0.200. The zero-order valence-corrected chi connectivity index (χ0v) is 11.2. The van der Waals surface area contributed by atoms with E-state index in [0.717, 1.165) is 11.3 Å². The van der Waals surface area contributed by atoms with Crippen molar-refractivity contribution in [2.24, 2.45) is 0 Å². The molecule has 0 radical (unpaired) electrons. The Balaban J connectivity index is 1.91. The Bertz CT molecular complexity index is 649. The van der Waals surface area contributed by atoms with Gasteiger partial charge in [-0.3, -0.25) is 9.59 Å². The number of hydrogen-bond acceptors (Lipinski definition) is 3. The highest BCUT2D eigenvalue weighted by molar-refractivity contribution is 5.93. The van der Waals surface area contributed by atoms with Crippen molar-refractivity contribution in [3.05, 3.63) is 64.1 Å². The van der Waals surface area contributed by atoms with Crippen LogP contribution in [-0.4, -0.2) is 24.5 Å². The van der Waals surface area contributed by atoms with Gasteiger partial charge in [0.25, 0.3) is 5.91 Å². The second kappa shape index (κ2) is 6.56. The fourth-order valence-corrected chi connectivity index (χ4v) is 1.84. The van der Waals surface area contributed by atoms with E-state index in [1.165, 1.54) is 18.5 Å². The quantitative estimate of drug-likeness (QED) is 0.863. The molecule has 0 bridgehead atoms. The predicted molar refractivity (Wildman–Crippen MR) is 76.1 cm³/mol. The van der Waals surface area contributed by atoms with Gasteiger partial charge in [0.15, 0.2) is 5.43 Å². The number of ether oxygens (including phenoxy) is 1. The molecule has 1 heterocycles. The van der Waals surface area contributed by atoms with Gasteiger partial charge in [0.05, 0.1) is 7.11 Å². The van der Waals surface area contributed by atoms with Crippen molar-refractivity contribution in [2.75, 3.05) is 13.7 Å². The molecule has 0 saturated carbocycles. The number of carbonyl (C=O) groups is 1. The number of nitrogens with one attached hydrogen (secondary N) is 2. The molecule has 2 N–H and O–H groups in total. The monoisotopic (exact) mass is 272 g/mol. The molecule has 0 aliphatic carbocycles. The van der Waals surface area contributed by atoms with Gasteiger partial charge in [-0.1, -0.05) is 12.1 Å². The molecule has 2 rings (SSSR count). The first-order chi connectivity index (χ1) is 9.70. The highest BCUT2D eigenvalue weighted by Crippen LogP contribution is 2.12. The van der Waals surface area contributed by atoms with Gasteiger partial charge in [-0.25, -0.2) is 0 Å². The number of aromatic amines is 1. The molecule has 1 amide bonds. The van der Waals surface area contributed by atoms with Crippen LogP contribution in [0.1, 0.15) is 15.9 Å². The highest BCUT2D eigenvalue weighted by atomic mass is 16.5. The highest BCUT2D eigenvalue weighted by Gasteiger charge is 2.08. The first-order valence-electron chi connectivity index (χ1n) is 6.29. The van der Waals surface area contributed by atoms with E-state index in [1.54, 1.807) is 7.11 Å². The lowest BCUT2D eigenvalue weighted by molar-refractivity contribution is 0.0952. The van der Waals surface area contributed by atoms with Crippen LogP contribution in [0.4, 0.5) is 0 Å². The van der Waals surface area contributed by atoms with E-state index >= 15 is 0 Å². The molecular formula is C15H16N2O3. The molecule has 0 aliphatic heterocycles. The number of pyridine rings is 1. The lowest BCUT2D eigenvalue weighted by Gasteiger charge is -2.06. The topological polar surface area (TPSA) is 71.2 Å². The lowest BCUT2D eigenvalue weighted by Crippen LogP contribution is -2.30. The summed E-state index contributed by atoms with van der Waals surface area (Å²) < 4.78 is 5.13. The molecule has 2 aromatic rings. The Morgan fingerprint density at radius 1 is 1.35 bits per heavy atom. The number of hydrogen-bond donors (Lipinski definition) is 2. The summed E-state index contributed by atoms with van der Waals surface area (Å²) in [5.74, 6) is 0.420. The summed E-state index contributed by atoms with van der Waals surface area (Å²) in [6.45, 7) is 0.459. The van der Waals surface area contributed by atoms with Crippen molar-refractivity contribution < 1.29 is 9.53 Å². The maximum absolute atomic E-state index is 11.8. The molecule has 0 fully saturated rings. The molecule has 0 aliphatic rings. The van der Waals surface area contributed by atoms with Crippen LogP contribution in [0, 0.1) is 0 Å². The SMILES string of the molecule is COc1cccc(CCNC(=O)c2c[nH]ccc2=O)c1. The number of H-pyrrole nitrogens is 1. The third kappa shape index (κ3) is 3.47. The Labute approximate surface area is 116 Å². The van der Waals surface area contributed by atoms with E-state index in [4.69, 9.17) is 4.74 Å². The van der Waals surface area contributed by atoms with Gasteiger partial charge in [0.1, 0.15) is 11.3 Å². The van der Waals surface area contributed by atoms with E-state index in [0.29, 0.717) is 13.0 Å². The van der Waals surface area contributed by atoms with Crippen LogP contribution in [0.2, 0.25) is 0 Å². The van der Waals surface area contributed by atoms with E-state index < -0.39 is 0 Å². The molecule has 5 heteroatoms. The molecule has 0 unspecified atom stereocenters. The van der Waals surface area contributed by atoms with Crippen LogP contribution < -0.4 is 15.5 Å². The lowest BCUT2D eigenvalue weighted by atomic mass is 10.1. The number of amides is 1. The second-order valence-electron chi connectivity index (χ2n) is 4.28. The van der Waals surface area contributed by atoms with Crippen molar-refractivity contribution in [1.29, 1.82) is 0 Å². The number of carbonyl (C=O) groups excluding carboxylic acids is 1. The Kier molecular flexibility index (Phi) is 4.55. The number of benzene rings is 1. The van der Waals surface area contributed by atoms with Crippen LogP contribution in [-0.2, 0) is 6.42 Å². The number of rotatable bonds is 5. The Morgan fingerprint density at radius 3 is 2.95 bits per heavy atom. The van der Waals surface area contributed by atoms with Crippen molar-refractivity contribution in [2.45, 2.75) is 6.42 Å². The fourth-order valence-electron chi connectivity index (χ4n) is 1.84. The Hall–Kier alpha value is -2.56. The van der Waals surface area contributed by atoms with Crippen molar-refractivity contribution >= 4 is 5.91 Å². The van der Waals surface area contributed by atoms with Gasteiger partial charge in [0, 0.05) is 25.0 Å². The van der Waals surface area contributed by atoms with E-state index in [1.807, 2.05) is 24.3 Å². The minimum absolute atomic E-state index is 0.123. The van der Waals surface area contributed by atoms with Gasteiger partial charge >= 0.3 is 0 Å². The van der Waals surface area contributed by atoms with E-state index in [2.05, 4.69) is 10.3 Å². The van der Waals surface area contributed by atoms with Crippen LogP contribution in [0.3, 0.4) is 0 Å². The largest absolute Gasteiger partial charge is 0.497 e. The minimum atomic E-state index is -0.366. The zero-order chi connectivity index (χ0) is 14.4. The van der Waals surface area contributed by atoms with E-state index in [-0.39, 0.29) is 16.9 Å². The summed E-state index contributed by atoms with van der Waals surface area (Å²) in [5, 5.41) is 2.73. The van der Waals surface area contributed by atoms with Crippen molar-refractivity contribution in [1.82, 2.24) is 10.3 Å². The van der Waals surface area contributed by atoms with Gasteiger partial charge in [-0.15, -0.1) is 0 Å². The molecule has 0 saturated heterocycles. The summed E-state index contributed by atoms with van der Waals surface area (Å²) >= 11 is 0. The molecule has 0 spiro atoms. The molecule has 5 nitrogen and oxygen atoms in total. The standard InChI is InChI=1S/C15H16N2O3/c1-20-12-4-2-3-11(9-12)5-8-17-15(19)13-10-16-7-6-14(13)18/h2-4,6-7,9-10H,5,8H2,1H3,(H,16,18)(H,17,19). The molecular weight excluding hydrogens is 256 g/mol. The van der Waals surface area contributed by atoms with Crippen LogP contribution >= 0.6 is 0 Å². The molecule has 20 heavy (non-hydrogen) atoms. The predicted octanol–water partition coefficient (Wildman–Crippen LogP) is 1.36. The van der Waals surface area contributed by atoms with Crippen molar-refractivity contribution in [3.8, 4) is 5.75 Å². The normalized spacial score (nSPS) is 10.1. The summed E-state index contributed by atoms with van der Waals surface area (Å²) in [7, 11) is 1.61. The van der Waals surface area contributed by atoms with Gasteiger partial charge in [-0.05, 0) is 24.1 Å². The summed E-state index contributed by atoms with van der Waals surface area (Å²) in [5.41, 5.74) is 0.896. The van der Waals surface area contributed by atoms with Crippen LogP contribution in [0.5, 0.6) is 5.75 Å². The summed E-state index contributed by atoms with van der Waals surface area (Å²) in [4.78, 5) is 26.0. The summed E-state index contributed by atoms with van der Waals surface area (Å²) in [6, 6.07) is 8.98. The second-order valence-corrected chi connectivity index (χ2v) is 4.28. The summed E-state index contributed by atoms with van der Waals surface area (Å²) in [6.07, 6.45) is 3.58. The minimum Gasteiger partial charge on any atom is -0.497 e. The maximum atomic E-state index is 11.8. The molecule has 1 aromatic heterocycles. The van der Waals surface area contributed by atoms with E-state index in [9.17, 15) is 9.59 Å². The molecule has 104 valence electrons. The third-order valence-electron chi connectivity index (χ3n) is 2.90. The molecule has 0 atom stereocenters.